The van der Waals surface area contributed by atoms with Gasteiger partial charge in [-0.2, -0.15) is 0 Å². The molecule has 0 amide bonds. The van der Waals surface area contributed by atoms with E-state index in [1.165, 1.54) is 6.92 Å². The fourth-order valence-corrected chi connectivity index (χ4v) is 1.51. The van der Waals surface area contributed by atoms with Crippen LogP contribution in [0.3, 0.4) is 0 Å². The molecule has 3 nitrogen and oxygen atoms in total. The maximum Gasteiger partial charge on any atom is 0.304 e. The first-order valence-electron chi connectivity index (χ1n) is 4.13. The monoisotopic (exact) mass is 157 g/mol. The van der Waals surface area contributed by atoms with Gasteiger partial charge in [0, 0.05) is 13.3 Å². The van der Waals surface area contributed by atoms with Crippen LogP contribution in [-0.4, -0.2) is 18.2 Å². The molecular formula is C8H15NO2. The molecule has 11 heavy (non-hydrogen) atoms. The molecule has 64 valence electrons. The molecule has 0 aromatic heterocycles. The Balaban J connectivity index is 2.52. The number of hydrogen-bond acceptors (Lipinski definition) is 3. The summed E-state index contributed by atoms with van der Waals surface area (Å²) in [4.78, 5) is 10.7. The van der Waals surface area contributed by atoms with Crippen molar-refractivity contribution in [3.05, 3.63) is 0 Å². The lowest BCUT2D eigenvalue weighted by molar-refractivity contribution is -0.159. The smallest absolute Gasteiger partial charge is 0.304 e. The normalized spacial score (nSPS) is 30.4. The zero-order valence-electron chi connectivity index (χ0n) is 7.14. The Morgan fingerprint density at radius 1 is 1.73 bits per heavy atom. The van der Waals surface area contributed by atoms with Crippen LogP contribution in [0.4, 0.5) is 0 Å². The number of carbonyl (C=O) groups is 1. The van der Waals surface area contributed by atoms with Gasteiger partial charge in [0.25, 0.3) is 0 Å². The fraction of sp³-hybridized carbons (Fsp3) is 0.875. The highest BCUT2D eigenvalue weighted by molar-refractivity contribution is 5.66. The van der Waals surface area contributed by atoms with E-state index in [1.54, 1.807) is 0 Å². The minimum Gasteiger partial charge on any atom is -0.444 e. The van der Waals surface area contributed by atoms with Crippen molar-refractivity contribution in [2.24, 2.45) is 0 Å². The average molecular weight is 157 g/mol. The summed E-state index contributed by atoms with van der Waals surface area (Å²) in [7, 11) is 0. The van der Waals surface area contributed by atoms with Crippen LogP contribution in [0.15, 0.2) is 0 Å². The van der Waals surface area contributed by atoms with Crippen molar-refractivity contribution >= 4 is 5.97 Å². The maximum absolute atomic E-state index is 10.7. The number of rotatable bonds is 2. The topological polar surface area (TPSA) is 38.3 Å². The molecule has 3 heteroatoms. The number of hydrogen-bond donors (Lipinski definition) is 1. The van der Waals surface area contributed by atoms with Crippen LogP contribution in [-0.2, 0) is 9.53 Å². The predicted molar refractivity (Wildman–Crippen MR) is 42.0 cm³/mol. The molecule has 1 atom stereocenters. The molecule has 1 heterocycles. The Morgan fingerprint density at radius 3 is 2.82 bits per heavy atom. The minimum atomic E-state index is -0.341. The molecule has 0 aliphatic carbocycles. The molecule has 1 N–H and O–H groups in total. The zero-order chi connectivity index (χ0) is 8.32. The van der Waals surface area contributed by atoms with Crippen molar-refractivity contribution in [3.8, 4) is 0 Å². The second kappa shape index (κ2) is 3.22. The average Bonchev–Trinajstić information content (AvgIpc) is 2.36. The van der Waals surface area contributed by atoms with Crippen LogP contribution < -0.4 is 5.32 Å². The van der Waals surface area contributed by atoms with Gasteiger partial charge in [0.05, 0.1) is 0 Å². The second-order valence-corrected chi connectivity index (χ2v) is 2.97. The van der Waals surface area contributed by atoms with Crippen LogP contribution in [0.2, 0.25) is 0 Å². The first-order valence-corrected chi connectivity index (χ1v) is 4.13. The van der Waals surface area contributed by atoms with Gasteiger partial charge in [-0.25, -0.2) is 0 Å². The van der Waals surface area contributed by atoms with E-state index >= 15 is 0 Å². The quantitative estimate of drug-likeness (QED) is 0.609. The summed E-state index contributed by atoms with van der Waals surface area (Å²) in [6.07, 6.45) is 2.90. The summed E-state index contributed by atoms with van der Waals surface area (Å²) >= 11 is 0. The first-order chi connectivity index (χ1) is 5.18. The molecule has 0 aromatic carbocycles. The van der Waals surface area contributed by atoms with Gasteiger partial charge in [0.1, 0.15) is 0 Å². The van der Waals surface area contributed by atoms with E-state index in [-0.39, 0.29) is 11.7 Å². The molecule has 1 aliphatic rings. The van der Waals surface area contributed by atoms with Crippen LogP contribution in [0, 0.1) is 0 Å². The molecule has 1 unspecified atom stereocenters. The highest BCUT2D eigenvalue weighted by Gasteiger charge is 2.34. The van der Waals surface area contributed by atoms with Gasteiger partial charge in [0.15, 0.2) is 5.72 Å². The third-order valence-electron chi connectivity index (χ3n) is 2.11. The van der Waals surface area contributed by atoms with Crippen molar-refractivity contribution in [3.63, 3.8) is 0 Å². The third kappa shape index (κ3) is 1.93. The van der Waals surface area contributed by atoms with E-state index in [4.69, 9.17) is 4.74 Å². The van der Waals surface area contributed by atoms with E-state index in [0.717, 1.165) is 25.8 Å². The highest BCUT2D eigenvalue weighted by atomic mass is 16.6. The van der Waals surface area contributed by atoms with Gasteiger partial charge in [-0.1, -0.05) is 6.92 Å². The lowest BCUT2D eigenvalue weighted by Crippen LogP contribution is -2.43. The SMILES string of the molecule is CCC1(OC(C)=O)CCCN1. The third-order valence-corrected chi connectivity index (χ3v) is 2.11. The molecule has 1 aliphatic heterocycles. The fourth-order valence-electron chi connectivity index (χ4n) is 1.51. The van der Waals surface area contributed by atoms with Crippen LogP contribution in [0.5, 0.6) is 0 Å². The van der Waals surface area contributed by atoms with Crippen LogP contribution in [0.1, 0.15) is 33.1 Å². The first kappa shape index (κ1) is 8.53. The van der Waals surface area contributed by atoms with Crippen molar-refractivity contribution in [1.82, 2.24) is 5.32 Å². The summed E-state index contributed by atoms with van der Waals surface area (Å²) in [6, 6.07) is 0. The summed E-state index contributed by atoms with van der Waals surface area (Å²) in [5, 5.41) is 3.21. The molecule has 0 aromatic rings. The number of nitrogens with one attached hydrogen (secondary N) is 1. The molecule has 1 fully saturated rings. The molecule has 0 radical (unpaired) electrons. The molecule has 0 saturated carbocycles. The van der Waals surface area contributed by atoms with Crippen molar-refractivity contribution in [2.45, 2.75) is 38.8 Å². The molecule has 0 bridgehead atoms. The number of esters is 1. The molecule has 0 spiro atoms. The van der Waals surface area contributed by atoms with Gasteiger partial charge in [-0.15, -0.1) is 0 Å². The highest BCUT2D eigenvalue weighted by Crippen LogP contribution is 2.24. The largest absolute Gasteiger partial charge is 0.444 e. The summed E-state index contributed by atoms with van der Waals surface area (Å²) in [5.41, 5.74) is -0.341. The molecule has 1 saturated heterocycles. The van der Waals surface area contributed by atoms with E-state index in [2.05, 4.69) is 5.32 Å². The van der Waals surface area contributed by atoms with Gasteiger partial charge < -0.3 is 4.74 Å². The van der Waals surface area contributed by atoms with Crippen molar-refractivity contribution in [2.75, 3.05) is 6.54 Å². The Kier molecular flexibility index (Phi) is 2.49. The Labute approximate surface area is 67.1 Å². The standard InChI is InChI=1S/C8H15NO2/c1-3-8(11-7(2)10)5-4-6-9-8/h9H,3-6H2,1-2H3. The summed E-state index contributed by atoms with van der Waals surface area (Å²) in [6.45, 7) is 4.44. The lowest BCUT2D eigenvalue weighted by Gasteiger charge is -2.27. The van der Waals surface area contributed by atoms with Gasteiger partial charge in [0.2, 0.25) is 0 Å². The van der Waals surface area contributed by atoms with Gasteiger partial charge in [-0.3, -0.25) is 10.1 Å². The van der Waals surface area contributed by atoms with Gasteiger partial charge >= 0.3 is 5.97 Å². The van der Waals surface area contributed by atoms with Crippen LogP contribution >= 0.6 is 0 Å². The molecule has 1 rings (SSSR count). The molecular weight excluding hydrogens is 142 g/mol. The minimum absolute atomic E-state index is 0.193. The van der Waals surface area contributed by atoms with Crippen molar-refractivity contribution < 1.29 is 9.53 Å². The number of carbonyl (C=O) groups excluding carboxylic acids is 1. The van der Waals surface area contributed by atoms with E-state index < -0.39 is 0 Å². The van der Waals surface area contributed by atoms with Crippen LogP contribution in [0.25, 0.3) is 0 Å². The van der Waals surface area contributed by atoms with Crippen molar-refractivity contribution in [1.29, 1.82) is 0 Å². The Bertz CT molecular complexity index is 150. The summed E-state index contributed by atoms with van der Waals surface area (Å²) < 4.78 is 5.20. The lowest BCUT2D eigenvalue weighted by atomic mass is 10.1. The van der Waals surface area contributed by atoms with E-state index in [0.29, 0.717) is 0 Å². The predicted octanol–water partition coefficient (Wildman–Crippen LogP) is 1.04. The van der Waals surface area contributed by atoms with E-state index in [1.807, 2.05) is 6.92 Å². The zero-order valence-corrected chi connectivity index (χ0v) is 7.14. The maximum atomic E-state index is 10.7. The second-order valence-electron chi connectivity index (χ2n) is 2.97. The summed E-state index contributed by atoms with van der Waals surface area (Å²) in [5.74, 6) is -0.193. The number of ether oxygens (including phenoxy) is 1. The van der Waals surface area contributed by atoms with Gasteiger partial charge in [-0.05, 0) is 19.4 Å². The Morgan fingerprint density at radius 2 is 2.45 bits per heavy atom. The Hall–Kier alpha value is -0.570. The van der Waals surface area contributed by atoms with E-state index in [9.17, 15) is 4.79 Å².